The fourth-order valence-electron chi connectivity index (χ4n) is 2.89. The number of aromatic nitrogens is 1. The van der Waals surface area contributed by atoms with Crippen molar-refractivity contribution >= 4 is 6.47 Å². The van der Waals surface area contributed by atoms with E-state index in [0.29, 0.717) is 6.47 Å². The van der Waals surface area contributed by atoms with E-state index in [1.54, 1.807) is 0 Å². The Morgan fingerprint density at radius 1 is 1.30 bits per heavy atom. The molecule has 128 valence electrons. The molecule has 5 heteroatoms. The fraction of sp³-hybridized carbons (Fsp3) is 0.667. The maximum atomic E-state index is 9.60. The van der Waals surface area contributed by atoms with Crippen molar-refractivity contribution in [2.24, 2.45) is 0 Å². The molecular formula is C18H28N2O3. The van der Waals surface area contributed by atoms with Crippen LogP contribution in [0.3, 0.4) is 0 Å². The lowest BCUT2D eigenvalue weighted by Gasteiger charge is -2.36. The van der Waals surface area contributed by atoms with Gasteiger partial charge in [-0.05, 0) is 53.7 Å². The molecule has 0 aromatic carbocycles. The molecule has 3 rings (SSSR count). The Bertz CT molecular complexity index is 544. The van der Waals surface area contributed by atoms with E-state index < -0.39 is 0 Å². The van der Waals surface area contributed by atoms with Gasteiger partial charge < -0.3 is 14.4 Å². The van der Waals surface area contributed by atoms with Gasteiger partial charge in [0, 0.05) is 24.3 Å². The summed E-state index contributed by atoms with van der Waals surface area (Å²) in [6.45, 7) is 10.9. The van der Waals surface area contributed by atoms with Gasteiger partial charge in [0.05, 0.1) is 12.3 Å². The topological polar surface area (TPSA) is 51.7 Å². The molecule has 2 aliphatic heterocycles. The Morgan fingerprint density at radius 3 is 2.48 bits per heavy atom. The van der Waals surface area contributed by atoms with Gasteiger partial charge in [0.1, 0.15) is 11.2 Å². The molecule has 0 radical (unpaired) electrons. The second-order valence-corrected chi connectivity index (χ2v) is 7.37. The summed E-state index contributed by atoms with van der Waals surface area (Å²) in [6.07, 6.45) is 2.15. The number of carbonyl (C=O) groups excluding carboxylic acids is 1. The number of fused-ring (bicyclic) bond motifs is 2. The van der Waals surface area contributed by atoms with E-state index in [9.17, 15) is 4.79 Å². The molecule has 5 nitrogen and oxygen atoms in total. The number of piperidine rings is 1. The monoisotopic (exact) mass is 320 g/mol. The minimum Gasteiger partial charge on any atom is -0.462 e. The molecule has 1 aromatic rings. The summed E-state index contributed by atoms with van der Waals surface area (Å²) in [4.78, 5) is 16.7. The molecule has 0 N–H and O–H groups in total. The van der Waals surface area contributed by atoms with Crippen molar-refractivity contribution in [3.63, 3.8) is 0 Å². The fourth-order valence-corrected chi connectivity index (χ4v) is 2.89. The molecule has 0 unspecified atom stereocenters. The Labute approximate surface area is 139 Å². The lowest BCUT2D eigenvalue weighted by molar-refractivity contribution is -0.138. The number of ether oxygens (including phenoxy) is 2. The van der Waals surface area contributed by atoms with Crippen molar-refractivity contribution in [1.82, 2.24) is 9.88 Å². The normalized spacial score (nSPS) is 19.7. The second kappa shape index (κ2) is 6.97. The Balaban J connectivity index is 0.000000236. The van der Waals surface area contributed by atoms with Gasteiger partial charge in [0.2, 0.25) is 0 Å². The molecule has 0 aliphatic carbocycles. The zero-order valence-electron chi connectivity index (χ0n) is 14.9. The van der Waals surface area contributed by atoms with Crippen LogP contribution in [0.4, 0.5) is 0 Å². The molecule has 1 fully saturated rings. The summed E-state index contributed by atoms with van der Waals surface area (Å²) in [7, 11) is 2.17. The van der Waals surface area contributed by atoms with E-state index in [1.165, 1.54) is 11.3 Å². The molecule has 1 spiro atoms. The van der Waals surface area contributed by atoms with Crippen LogP contribution in [-0.2, 0) is 26.5 Å². The summed E-state index contributed by atoms with van der Waals surface area (Å²) in [5.74, 6) is 0. The number of hydrogen-bond acceptors (Lipinski definition) is 5. The van der Waals surface area contributed by atoms with Gasteiger partial charge in [-0.15, -0.1) is 0 Å². The highest BCUT2D eigenvalue weighted by molar-refractivity contribution is 5.37. The van der Waals surface area contributed by atoms with Crippen LogP contribution < -0.4 is 0 Å². The maximum Gasteiger partial charge on any atom is 0.293 e. The van der Waals surface area contributed by atoms with E-state index in [2.05, 4.69) is 35.7 Å². The third-order valence-electron chi connectivity index (χ3n) is 4.25. The van der Waals surface area contributed by atoms with Crippen LogP contribution >= 0.6 is 0 Å². The average Bonchev–Trinajstić information content (AvgIpc) is 2.80. The molecule has 1 saturated heterocycles. The predicted octanol–water partition coefficient (Wildman–Crippen LogP) is 2.80. The van der Waals surface area contributed by atoms with Crippen LogP contribution in [0.5, 0.6) is 0 Å². The van der Waals surface area contributed by atoms with Crippen molar-refractivity contribution in [2.75, 3.05) is 20.1 Å². The molecule has 3 heterocycles. The summed E-state index contributed by atoms with van der Waals surface area (Å²) < 4.78 is 10.6. The van der Waals surface area contributed by atoms with Crippen LogP contribution in [0, 0.1) is 6.92 Å². The highest BCUT2D eigenvalue weighted by Crippen LogP contribution is 2.42. The zero-order valence-corrected chi connectivity index (χ0v) is 14.9. The Morgan fingerprint density at radius 2 is 1.96 bits per heavy atom. The minimum absolute atomic E-state index is 0.0755. The first-order chi connectivity index (χ1) is 10.8. The number of likely N-dealkylation sites (tertiary alicyclic amines) is 1. The van der Waals surface area contributed by atoms with Crippen LogP contribution in [0.25, 0.3) is 0 Å². The molecular weight excluding hydrogens is 292 g/mol. The predicted molar refractivity (Wildman–Crippen MR) is 89.1 cm³/mol. The molecule has 1 aromatic heterocycles. The number of carbonyl (C=O) groups is 1. The smallest absolute Gasteiger partial charge is 0.293 e. The lowest BCUT2D eigenvalue weighted by Crippen LogP contribution is -2.41. The Hall–Kier alpha value is -1.46. The third kappa shape index (κ3) is 4.52. The van der Waals surface area contributed by atoms with Gasteiger partial charge in [-0.2, -0.15) is 0 Å². The standard InChI is InChI=1S/C13H18N2O.C5H10O2/c1-10-3-4-11-9-16-13(12(11)14-10)5-7-15(2)8-6-13;1-5(2,3)7-4-6/h3-4H,5-9H2,1-2H3;4H,1-3H3. The first-order valence-corrected chi connectivity index (χ1v) is 8.17. The molecule has 0 saturated carbocycles. The minimum atomic E-state index is -0.318. The first kappa shape index (κ1) is 17.9. The lowest BCUT2D eigenvalue weighted by atomic mass is 9.87. The highest BCUT2D eigenvalue weighted by atomic mass is 16.5. The first-order valence-electron chi connectivity index (χ1n) is 8.17. The highest BCUT2D eigenvalue weighted by Gasteiger charge is 2.43. The van der Waals surface area contributed by atoms with Crippen LogP contribution in [0.15, 0.2) is 12.1 Å². The van der Waals surface area contributed by atoms with Gasteiger partial charge in [0.25, 0.3) is 6.47 Å². The summed E-state index contributed by atoms with van der Waals surface area (Å²) in [5.41, 5.74) is 3.20. The molecule has 0 bridgehead atoms. The summed E-state index contributed by atoms with van der Waals surface area (Å²) in [6, 6.07) is 4.25. The van der Waals surface area contributed by atoms with Crippen molar-refractivity contribution in [2.45, 2.75) is 58.3 Å². The van der Waals surface area contributed by atoms with Crippen LogP contribution in [0.1, 0.15) is 50.6 Å². The molecule has 0 atom stereocenters. The van der Waals surface area contributed by atoms with E-state index >= 15 is 0 Å². The molecule has 0 amide bonds. The van der Waals surface area contributed by atoms with E-state index in [0.717, 1.165) is 38.2 Å². The number of hydrogen-bond donors (Lipinski definition) is 0. The summed E-state index contributed by atoms with van der Waals surface area (Å²) >= 11 is 0. The van der Waals surface area contributed by atoms with E-state index in [-0.39, 0.29) is 11.2 Å². The molecule has 23 heavy (non-hydrogen) atoms. The maximum absolute atomic E-state index is 9.60. The number of pyridine rings is 1. The van der Waals surface area contributed by atoms with Gasteiger partial charge in [-0.3, -0.25) is 9.78 Å². The Kier molecular flexibility index (Phi) is 5.42. The third-order valence-corrected chi connectivity index (χ3v) is 4.25. The van der Waals surface area contributed by atoms with Gasteiger partial charge in [-0.1, -0.05) is 6.07 Å². The van der Waals surface area contributed by atoms with Gasteiger partial charge in [-0.25, -0.2) is 0 Å². The number of nitrogens with zero attached hydrogens (tertiary/aromatic N) is 2. The number of aryl methyl sites for hydroxylation is 1. The second-order valence-electron chi connectivity index (χ2n) is 7.37. The largest absolute Gasteiger partial charge is 0.462 e. The molecule has 2 aliphatic rings. The van der Waals surface area contributed by atoms with Crippen LogP contribution in [0.2, 0.25) is 0 Å². The van der Waals surface area contributed by atoms with E-state index in [1.807, 2.05) is 20.8 Å². The van der Waals surface area contributed by atoms with Gasteiger partial charge in [0.15, 0.2) is 0 Å². The van der Waals surface area contributed by atoms with Gasteiger partial charge >= 0.3 is 0 Å². The average molecular weight is 320 g/mol. The quantitative estimate of drug-likeness (QED) is 0.745. The van der Waals surface area contributed by atoms with Crippen molar-refractivity contribution in [3.8, 4) is 0 Å². The summed E-state index contributed by atoms with van der Waals surface area (Å²) in [5, 5.41) is 0. The van der Waals surface area contributed by atoms with Crippen molar-refractivity contribution < 1.29 is 14.3 Å². The van der Waals surface area contributed by atoms with E-state index in [4.69, 9.17) is 9.72 Å². The van der Waals surface area contributed by atoms with Crippen molar-refractivity contribution in [1.29, 1.82) is 0 Å². The SMILES string of the molecule is CC(C)(C)OC=O.Cc1ccc2c(n1)C1(CCN(C)CC1)OC2. The van der Waals surface area contributed by atoms with Crippen LogP contribution in [-0.4, -0.2) is 42.1 Å². The number of rotatable bonds is 1. The zero-order chi connectivity index (χ0) is 17.1. The van der Waals surface area contributed by atoms with Crippen molar-refractivity contribution in [3.05, 3.63) is 29.1 Å².